The molecule has 7 heterocycles. The van der Waals surface area contributed by atoms with E-state index < -0.39 is 6.04 Å². The first kappa shape index (κ1) is 31.0. The molecule has 1 amide bonds. The van der Waals surface area contributed by atoms with Crippen molar-refractivity contribution >= 4 is 22.9 Å². The van der Waals surface area contributed by atoms with E-state index in [1.807, 2.05) is 35.0 Å². The highest BCUT2D eigenvalue weighted by molar-refractivity contribution is 5.85. The van der Waals surface area contributed by atoms with E-state index in [0.29, 0.717) is 41.2 Å². The number of anilines is 2. The summed E-state index contributed by atoms with van der Waals surface area (Å²) in [6.07, 6.45) is 9.39. The molecule has 1 aliphatic carbocycles. The molecule has 0 saturated carbocycles. The molecule has 3 aliphatic heterocycles. The summed E-state index contributed by atoms with van der Waals surface area (Å²) >= 11 is 0. The SMILES string of the molecule is C[C@H]1CN(C2COC2)CCN1c1ccc(NC2CC(c3ccnc(-n4ccn5c6c(cc5c4=O)CC(C)(C)C6)c3CO)NNC2=O)nc1. The number of hydrogen-bond acceptors (Lipinski definition) is 10. The summed E-state index contributed by atoms with van der Waals surface area (Å²) in [5.74, 6) is 0.783. The van der Waals surface area contributed by atoms with E-state index in [-0.39, 0.29) is 29.5 Å². The van der Waals surface area contributed by atoms with Crippen LogP contribution in [0, 0.1) is 5.41 Å². The lowest BCUT2D eigenvalue weighted by Gasteiger charge is -2.46. The van der Waals surface area contributed by atoms with Gasteiger partial charge in [-0.3, -0.25) is 24.5 Å². The summed E-state index contributed by atoms with van der Waals surface area (Å²) < 4.78 is 8.89. The number of pyridine rings is 2. The maximum atomic E-state index is 13.8. The van der Waals surface area contributed by atoms with Crippen LogP contribution in [0.2, 0.25) is 0 Å². The van der Waals surface area contributed by atoms with Crippen LogP contribution in [0.5, 0.6) is 0 Å². The van der Waals surface area contributed by atoms with Crippen LogP contribution in [0.3, 0.4) is 0 Å². The van der Waals surface area contributed by atoms with Crippen molar-refractivity contribution in [1.29, 1.82) is 0 Å². The number of nitrogens with one attached hydrogen (secondary N) is 3. The summed E-state index contributed by atoms with van der Waals surface area (Å²) in [6.45, 7) is 11.0. The Balaban J connectivity index is 0.994. The van der Waals surface area contributed by atoms with E-state index in [1.54, 1.807) is 12.4 Å². The molecule has 4 aromatic heterocycles. The number of carbonyl (C=O) groups excluding carboxylic acids is 1. The molecule has 0 radical (unpaired) electrons. The van der Waals surface area contributed by atoms with Gasteiger partial charge in [-0.05, 0) is 67.0 Å². The first-order chi connectivity index (χ1) is 23.2. The van der Waals surface area contributed by atoms with E-state index in [4.69, 9.17) is 4.74 Å². The number of hydrogen-bond donors (Lipinski definition) is 4. The highest BCUT2D eigenvalue weighted by Crippen LogP contribution is 2.37. The minimum Gasteiger partial charge on any atom is -0.392 e. The van der Waals surface area contributed by atoms with Crippen LogP contribution >= 0.6 is 0 Å². The molecule has 3 fully saturated rings. The average molecular weight is 654 g/mol. The molecule has 252 valence electrons. The van der Waals surface area contributed by atoms with Crippen LogP contribution in [0.25, 0.3) is 11.3 Å². The molecule has 4 aromatic rings. The molecule has 2 unspecified atom stereocenters. The summed E-state index contributed by atoms with van der Waals surface area (Å²) in [6, 6.07) is 7.77. The molecule has 13 heteroatoms. The highest BCUT2D eigenvalue weighted by Gasteiger charge is 2.35. The number of piperazine rings is 1. The van der Waals surface area contributed by atoms with Crippen molar-refractivity contribution in [3.63, 3.8) is 0 Å². The summed E-state index contributed by atoms with van der Waals surface area (Å²) in [7, 11) is 0. The van der Waals surface area contributed by atoms with Gasteiger partial charge in [-0.1, -0.05) is 13.8 Å². The van der Waals surface area contributed by atoms with Gasteiger partial charge in [-0.25, -0.2) is 15.4 Å². The quantitative estimate of drug-likeness (QED) is 0.234. The van der Waals surface area contributed by atoms with Crippen LogP contribution in [-0.2, 0) is 29.0 Å². The number of aromatic nitrogens is 4. The van der Waals surface area contributed by atoms with Gasteiger partial charge in [0.15, 0.2) is 0 Å². The summed E-state index contributed by atoms with van der Waals surface area (Å²) in [5, 5.41) is 13.9. The molecule has 4 aliphatic rings. The Kier molecular flexibility index (Phi) is 7.74. The minimum atomic E-state index is -0.573. The van der Waals surface area contributed by atoms with Crippen molar-refractivity contribution in [2.45, 2.75) is 70.8 Å². The van der Waals surface area contributed by atoms with E-state index >= 15 is 0 Å². The average Bonchev–Trinajstić information content (AvgIpc) is 3.54. The Labute approximate surface area is 278 Å². The fourth-order valence-electron chi connectivity index (χ4n) is 7.95. The van der Waals surface area contributed by atoms with Gasteiger partial charge >= 0.3 is 0 Å². The number of nitrogens with zero attached hydrogens (tertiary/aromatic N) is 6. The Morgan fingerprint density at radius 3 is 2.69 bits per heavy atom. The van der Waals surface area contributed by atoms with Gasteiger partial charge in [0, 0.05) is 55.5 Å². The number of aliphatic hydroxyl groups excluding tert-OH is 1. The third-order valence-corrected chi connectivity index (χ3v) is 10.5. The highest BCUT2D eigenvalue weighted by atomic mass is 16.5. The molecular weight excluding hydrogens is 610 g/mol. The molecule has 3 saturated heterocycles. The second kappa shape index (κ2) is 12.0. The first-order valence-corrected chi connectivity index (χ1v) is 16.9. The fourth-order valence-corrected chi connectivity index (χ4v) is 7.95. The zero-order valence-corrected chi connectivity index (χ0v) is 27.6. The zero-order valence-electron chi connectivity index (χ0n) is 27.6. The van der Waals surface area contributed by atoms with Gasteiger partial charge in [0.05, 0.1) is 43.8 Å². The van der Waals surface area contributed by atoms with Gasteiger partial charge in [0.25, 0.3) is 11.5 Å². The number of carbonyl (C=O) groups is 1. The number of aliphatic hydroxyl groups is 1. The van der Waals surface area contributed by atoms with Crippen molar-refractivity contribution in [3.05, 3.63) is 81.8 Å². The molecule has 0 bridgehead atoms. The summed E-state index contributed by atoms with van der Waals surface area (Å²) in [5.41, 5.74) is 11.2. The van der Waals surface area contributed by atoms with Crippen molar-refractivity contribution in [3.8, 4) is 5.82 Å². The third-order valence-electron chi connectivity index (χ3n) is 10.5. The standard InChI is InChI=1S/C35H43N9O4/c1-21-17-41(24-19-48-20-24)8-9-42(21)23-4-5-31(37-16-23)38-28-13-27(39-40-33(28)46)25-6-7-36-32(26(25)18-45)44-11-10-43-29(34(44)47)12-22-14-35(2,3)15-30(22)43/h4-7,10-12,16,21,24,27-28,39,45H,8-9,13-15,17-20H2,1-3H3,(H,37,38)(H,40,46)/t21-,27?,28?/m0/s1. The number of fused-ring (bicyclic) bond motifs is 3. The van der Waals surface area contributed by atoms with Crippen LogP contribution < -0.4 is 26.6 Å². The Morgan fingerprint density at radius 2 is 1.96 bits per heavy atom. The van der Waals surface area contributed by atoms with E-state index in [2.05, 4.69) is 62.8 Å². The summed E-state index contributed by atoms with van der Waals surface area (Å²) in [4.78, 5) is 40.8. The molecular formula is C35H43N9O4. The Hall–Kier alpha value is -4.30. The topological polar surface area (TPSA) is 141 Å². The van der Waals surface area contributed by atoms with Crippen LogP contribution in [0.4, 0.5) is 11.5 Å². The first-order valence-electron chi connectivity index (χ1n) is 16.9. The van der Waals surface area contributed by atoms with Gasteiger partial charge in [0.1, 0.15) is 23.2 Å². The molecule has 4 N–H and O–H groups in total. The van der Waals surface area contributed by atoms with Crippen molar-refractivity contribution in [1.82, 2.24) is 34.7 Å². The lowest BCUT2D eigenvalue weighted by molar-refractivity contribution is -0.125. The molecule has 0 aromatic carbocycles. The maximum absolute atomic E-state index is 13.8. The normalized spacial score (nSPS) is 24.4. The Morgan fingerprint density at radius 1 is 1.10 bits per heavy atom. The van der Waals surface area contributed by atoms with Crippen LogP contribution in [0.1, 0.15) is 55.6 Å². The fraction of sp³-hybridized carbons (Fsp3) is 0.486. The number of rotatable bonds is 7. The monoisotopic (exact) mass is 653 g/mol. The van der Waals surface area contributed by atoms with Gasteiger partial charge < -0.3 is 24.5 Å². The Bertz CT molecular complexity index is 1920. The van der Waals surface area contributed by atoms with Crippen LogP contribution in [0.15, 0.2) is 53.8 Å². The van der Waals surface area contributed by atoms with E-state index in [0.717, 1.165) is 56.9 Å². The van der Waals surface area contributed by atoms with Gasteiger partial charge in [0.2, 0.25) is 0 Å². The smallest absolute Gasteiger partial charge is 0.280 e. The minimum absolute atomic E-state index is 0.176. The number of ether oxygens (including phenoxy) is 1. The van der Waals surface area contributed by atoms with E-state index in [9.17, 15) is 14.7 Å². The van der Waals surface area contributed by atoms with Crippen molar-refractivity contribution in [2.75, 3.05) is 43.1 Å². The zero-order chi connectivity index (χ0) is 33.2. The predicted molar refractivity (Wildman–Crippen MR) is 181 cm³/mol. The van der Waals surface area contributed by atoms with Crippen LogP contribution in [-0.4, -0.2) is 85.8 Å². The molecule has 0 spiro atoms. The van der Waals surface area contributed by atoms with E-state index in [1.165, 1.54) is 15.8 Å². The second-order valence-electron chi connectivity index (χ2n) is 14.5. The van der Waals surface area contributed by atoms with Crippen molar-refractivity contribution in [2.24, 2.45) is 5.41 Å². The largest absolute Gasteiger partial charge is 0.392 e. The third kappa shape index (κ3) is 5.44. The maximum Gasteiger partial charge on any atom is 0.280 e. The number of hydrazine groups is 1. The number of amides is 1. The molecule has 3 atom stereocenters. The van der Waals surface area contributed by atoms with Crippen molar-refractivity contribution < 1.29 is 14.6 Å². The molecule has 8 rings (SSSR count). The predicted octanol–water partition coefficient (Wildman–Crippen LogP) is 1.95. The van der Waals surface area contributed by atoms with Gasteiger partial charge in [-0.2, -0.15) is 0 Å². The lowest BCUT2D eigenvalue weighted by atomic mass is 9.90. The molecule has 48 heavy (non-hydrogen) atoms. The lowest BCUT2D eigenvalue weighted by Crippen LogP contribution is -2.59. The second-order valence-corrected chi connectivity index (χ2v) is 14.5. The molecule has 13 nitrogen and oxygen atoms in total. The van der Waals surface area contributed by atoms with Gasteiger partial charge in [-0.15, -0.1) is 0 Å².